The highest BCUT2D eigenvalue weighted by molar-refractivity contribution is 5.76. The minimum absolute atomic E-state index is 0.115. The van der Waals surface area contributed by atoms with Crippen molar-refractivity contribution in [3.63, 3.8) is 0 Å². The highest BCUT2D eigenvalue weighted by atomic mass is 16.5. The maximum absolute atomic E-state index is 12.5. The second kappa shape index (κ2) is 9.84. The van der Waals surface area contributed by atoms with E-state index in [1.807, 2.05) is 0 Å². The molecular formula is C32H50O5. The van der Waals surface area contributed by atoms with Gasteiger partial charge in [-0.15, -0.1) is 0 Å². The zero-order valence-corrected chi connectivity index (χ0v) is 24.2. The Labute approximate surface area is 224 Å². The molecule has 4 aliphatic rings. The Bertz CT molecular complexity index is 980. The van der Waals surface area contributed by atoms with Crippen LogP contribution in [0, 0.1) is 45.8 Å². The van der Waals surface area contributed by atoms with E-state index in [4.69, 9.17) is 4.74 Å². The number of aliphatic hydroxyl groups is 1. The smallest absolute Gasteiger partial charge is 0.312 e. The molecule has 5 nitrogen and oxygen atoms in total. The Hall–Kier alpha value is -1.62. The van der Waals surface area contributed by atoms with Gasteiger partial charge in [0, 0.05) is 18.8 Å². The van der Waals surface area contributed by atoms with Crippen molar-refractivity contribution < 1.29 is 24.5 Å². The van der Waals surface area contributed by atoms with Crippen molar-refractivity contribution >= 4 is 11.9 Å². The van der Waals surface area contributed by atoms with Crippen LogP contribution in [0.3, 0.4) is 0 Å². The standard InChI is InChI=1S/C32H50O5/c1-18(2)19(3)9-10-20(4)23-12-13-24-22-11-14-26-30(6,16-15-27(34)32(26,8)29(35)36)25(22)17-28(31(23,24)7)37-21(5)33/h18,20,23-24,26-28,34H,3,9-17H2,1-2,4-8H3,(H,35,36)/t20?,23-,24+,26-,27+,28-,30-,31-,32+/m1/s1. The third kappa shape index (κ3) is 4.32. The van der Waals surface area contributed by atoms with Crippen molar-refractivity contribution in [3.05, 3.63) is 23.3 Å². The maximum Gasteiger partial charge on any atom is 0.312 e. The van der Waals surface area contributed by atoms with Gasteiger partial charge in [0.05, 0.1) is 11.5 Å². The van der Waals surface area contributed by atoms with E-state index in [1.54, 1.807) is 6.92 Å². The number of hydrogen-bond donors (Lipinski definition) is 2. The molecule has 2 fully saturated rings. The van der Waals surface area contributed by atoms with Gasteiger partial charge in [-0.25, -0.2) is 0 Å². The normalized spacial score (nSPS) is 42.0. The molecule has 0 spiro atoms. The Balaban J connectivity index is 1.72. The quantitative estimate of drug-likeness (QED) is 0.284. The molecular weight excluding hydrogens is 464 g/mol. The number of carboxylic acids is 1. The van der Waals surface area contributed by atoms with E-state index in [-0.39, 0.29) is 28.8 Å². The lowest BCUT2D eigenvalue weighted by Gasteiger charge is -2.60. The molecule has 4 aliphatic carbocycles. The van der Waals surface area contributed by atoms with Crippen molar-refractivity contribution in [1.82, 2.24) is 0 Å². The fourth-order valence-corrected chi connectivity index (χ4v) is 9.46. The van der Waals surface area contributed by atoms with Crippen LogP contribution in [-0.2, 0) is 14.3 Å². The van der Waals surface area contributed by atoms with Gasteiger partial charge in [0.25, 0.3) is 0 Å². The fourth-order valence-electron chi connectivity index (χ4n) is 9.46. The van der Waals surface area contributed by atoms with Crippen molar-refractivity contribution in [3.8, 4) is 0 Å². The van der Waals surface area contributed by atoms with Gasteiger partial charge < -0.3 is 14.9 Å². The lowest BCUT2D eigenvalue weighted by Crippen LogP contribution is -2.59. The molecule has 0 aromatic carbocycles. The highest BCUT2D eigenvalue weighted by Gasteiger charge is 2.65. The van der Waals surface area contributed by atoms with Gasteiger partial charge in [0.15, 0.2) is 0 Å². The lowest BCUT2D eigenvalue weighted by molar-refractivity contribution is -0.177. The van der Waals surface area contributed by atoms with E-state index in [2.05, 4.69) is 41.2 Å². The monoisotopic (exact) mass is 514 g/mol. The summed E-state index contributed by atoms with van der Waals surface area (Å²) in [5.74, 6) is 0.596. The molecule has 1 unspecified atom stereocenters. The minimum atomic E-state index is -1.16. The number of rotatable bonds is 7. The summed E-state index contributed by atoms with van der Waals surface area (Å²) in [6, 6.07) is 0. The zero-order valence-electron chi connectivity index (χ0n) is 24.2. The number of carbonyl (C=O) groups excluding carboxylic acids is 1. The van der Waals surface area contributed by atoms with Crippen LogP contribution in [-0.4, -0.2) is 34.4 Å². The SMILES string of the molecule is C=C(CCC(C)[C@H]1CC[C@H]2C3=C(C[C@@H](OC(C)=O)[C@]12C)[C@@]1(C)CC[C@H](O)[C@@](C)(C(=O)O)[C@@H]1CC3)C(C)C. The van der Waals surface area contributed by atoms with E-state index >= 15 is 0 Å². The summed E-state index contributed by atoms with van der Waals surface area (Å²) in [7, 11) is 0. The summed E-state index contributed by atoms with van der Waals surface area (Å²) in [4.78, 5) is 24.9. The van der Waals surface area contributed by atoms with Crippen LogP contribution in [0.4, 0.5) is 0 Å². The summed E-state index contributed by atoms with van der Waals surface area (Å²) >= 11 is 0. The molecule has 2 saturated carbocycles. The van der Waals surface area contributed by atoms with E-state index in [9.17, 15) is 19.8 Å². The topological polar surface area (TPSA) is 83.8 Å². The number of aliphatic hydroxyl groups excluding tert-OH is 1. The Kier molecular flexibility index (Phi) is 7.55. The van der Waals surface area contributed by atoms with Crippen LogP contribution in [0.15, 0.2) is 23.3 Å². The van der Waals surface area contributed by atoms with Crippen molar-refractivity contribution in [2.45, 2.75) is 118 Å². The van der Waals surface area contributed by atoms with Gasteiger partial charge in [-0.1, -0.05) is 57.9 Å². The largest absolute Gasteiger partial charge is 0.481 e. The number of carbonyl (C=O) groups is 2. The zero-order chi connectivity index (χ0) is 27.5. The van der Waals surface area contributed by atoms with Crippen LogP contribution in [0.5, 0.6) is 0 Å². The van der Waals surface area contributed by atoms with E-state index < -0.39 is 17.5 Å². The van der Waals surface area contributed by atoms with Crippen molar-refractivity contribution in [2.24, 2.45) is 45.8 Å². The number of hydrogen-bond acceptors (Lipinski definition) is 4. The second-order valence-corrected chi connectivity index (χ2v) is 13.9. The predicted molar refractivity (Wildman–Crippen MR) is 146 cm³/mol. The molecule has 208 valence electrons. The van der Waals surface area contributed by atoms with Gasteiger partial charge in [-0.3, -0.25) is 9.59 Å². The summed E-state index contributed by atoms with van der Waals surface area (Å²) < 4.78 is 6.19. The van der Waals surface area contributed by atoms with E-state index in [1.165, 1.54) is 23.6 Å². The molecule has 0 heterocycles. The van der Waals surface area contributed by atoms with Gasteiger partial charge in [0.2, 0.25) is 0 Å². The highest BCUT2D eigenvalue weighted by Crippen LogP contribution is 2.68. The minimum Gasteiger partial charge on any atom is -0.481 e. The van der Waals surface area contributed by atoms with E-state index in [0.717, 1.165) is 44.9 Å². The number of carboxylic acid groups (broad SMARTS) is 1. The molecule has 2 N–H and O–H groups in total. The van der Waals surface area contributed by atoms with Crippen LogP contribution in [0.2, 0.25) is 0 Å². The Morgan fingerprint density at radius 1 is 1.11 bits per heavy atom. The Morgan fingerprint density at radius 3 is 2.38 bits per heavy atom. The first-order valence-electron chi connectivity index (χ1n) is 14.7. The lowest BCUT2D eigenvalue weighted by atomic mass is 9.45. The number of ether oxygens (including phenoxy) is 1. The third-order valence-electron chi connectivity index (χ3n) is 11.9. The second-order valence-electron chi connectivity index (χ2n) is 13.9. The Morgan fingerprint density at radius 2 is 1.78 bits per heavy atom. The molecule has 37 heavy (non-hydrogen) atoms. The molecule has 0 radical (unpaired) electrons. The fraction of sp³-hybridized carbons (Fsp3) is 0.812. The molecule has 0 bridgehead atoms. The summed E-state index contributed by atoms with van der Waals surface area (Å²) in [5.41, 5.74) is 2.61. The molecule has 0 amide bonds. The molecule has 0 aromatic rings. The average molecular weight is 515 g/mol. The molecule has 0 aliphatic heterocycles. The maximum atomic E-state index is 12.5. The van der Waals surface area contributed by atoms with Gasteiger partial charge in [0.1, 0.15) is 6.10 Å². The molecule has 0 aromatic heterocycles. The van der Waals surface area contributed by atoms with Crippen LogP contribution < -0.4 is 0 Å². The van der Waals surface area contributed by atoms with E-state index in [0.29, 0.717) is 36.5 Å². The first kappa shape index (κ1) is 28.4. The number of aliphatic carboxylic acids is 1. The summed E-state index contributed by atoms with van der Waals surface area (Å²) in [6.07, 6.45) is 7.02. The van der Waals surface area contributed by atoms with Crippen LogP contribution in [0.25, 0.3) is 0 Å². The first-order chi connectivity index (χ1) is 17.2. The van der Waals surface area contributed by atoms with Crippen LogP contribution >= 0.6 is 0 Å². The van der Waals surface area contributed by atoms with Gasteiger partial charge >= 0.3 is 11.9 Å². The molecule has 5 heteroatoms. The third-order valence-corrected chi connectivity index (χ3v) is 11.9. The molecule has 4 rings (SSSR count). The van der Waals surface area contributed by atoms with Crippen molar-refractivity contribution in [1.29, 1.82) is 0 Å². The van der Waals surface area contributed by atoms with Crippen molar-refractivity contribution in [2.75, 3.05) is 0 Å². The average Bonchev–Trinajstić information content (AvgIpc) is 3.18. The first-order valence-corrected chi connectivity index (χ1v) is 14.7. The number of fused-ring (bicyclic) bond motifs is 4. The predicted octanol–water partition coefficient (Wildman–Crippen LogP) is 6.94. The summed E-state index contributed by atoms with van der Waals surface area (Å²) in [6.45, 7) is 19.0. The molecule has 9 atom stereocenters. The number of allylic oxidation sites excluding steroid dienone is 2. The summed E-state index contributed by atoms with van der Waals surface area (Å²) in [5, 5.41) is 21.1. The van der Waals surface area contributed by atoms with Crippen LogP contribution in [0.1, 0.15) is 106 Å². The molecule has 0 saturated heterocycles. The van der Waals surface area contributed by atoms with Gasteiger partial charge in [-0.05, 0) is 93.3 Å². The number of esters is 1. The van der Waals surface area contributed by atoms with Gasteiger partial charge in [-0.2, -0.15) is 0 Å².